The van der Waals surface area contributed by atoms with E-state index < -0.39 is 22.4 Å². The molecule has 0 aromatic rings. The summed E-state index contributed by atoms with van der Waals surface area (Å²) in [5, 5.41) is 7.12. The molecule has 0 bridgehead atoms. The molecule has 6 nitrogen and oxygen atoms in total. The number of rotatable bonds is 2. The van der Waals surface area contributed by atoms with Crippen molar-refractivity contribution in [2.45, 2.75) is 44.3 Å². The lowest BCUT2D eigenvalue weighted by Gasteiger charge is -2.20. The monoisotopic (exact) mass is 293 g/mol. The van der Waals surface area contributed by atoms with Crippen molar-refractivity contribution in [2.24, 2.45) is 0 Å². The van der Waals surface area contributed by atoms with Gasteiger partial charge in [0.2, 0.25) is 0 Å². The molecule has 1 saturated carbocycles. The summed E-state index contributed by atoms with van der Waals surface area (Å²) in [7, 11) is -3.97. The molecule has 18 heavy (non-hydrogen) atoms. The maximum absolute atomic E-state index is 10.6. The van der Waals surface area contributed by atoms with E-state index in [0.29, 0.717) is 0 Å². The second kappa shape index (κ2) is 6.90. The molecule has 0 heterocycles. The number of alkyl halides is 3. The Bertz CT molecular complexity index is 361. The highest BCUT2D eigenvalue weighted by Gasteiger charge is 2.38. The number of aliphatic carboxylic acids is 1. The van der Waals surface area contributed by atoms with Crippen LogP contribution in [0.5, 0.6) is 0 Å². The van der Waals surface area contributed by atoms with Crippen molar-refractivity contribution in [2.75, 3.05) is 0 Å². The summed E-state index contributed by atoms with van der Waals surface area (Å²) < 4.78 is 63.0. The Kier molecular flexibility index (Phi) is 6.57. The number of nitrogens with one attached hydrogen (secondary N) is 1. The van der Waals surface area contributed by atoms with Crippen LogP contribution < -0.4 is 4.72 Å². The summed E-state index contributed by atoms with van der Waals surface area (Å²) >= 11 is 0. The lowest BCUT2D eigenvalue weighted by molar-refractivity contribution is -0.192. The van der Waals surface area contributed by atoms with Crippen LogP contribution in [0.25, 0.3) is 0 Å². The number of carboxylic acids is 1. The third kappa shape index (κ3) is 9.19. The second-order valence-electron chi connectivity index (χ2n) is 3.73. The first kappa shape index (κ1) is 17.1. The van der Waals surface area contributed by atoms with Crippen molar-refractivity contribution >= 4 is 16.3 Å². The largest absolute Gasteiger partial charge is 0.490 e. The van der Waals surface area contributed by atoms with Gasteiger partial charge in [0.05, 0.1) is 0 Å². The van der Waals surface area contributed by atoms with E-state index in [9.17, 15) is 21.6 Å². The zero-order valence-corrected chi connectivity index (χ0v) is 10.1. The molecule has 108 valence electrons. The van der Waals surface area contributed by atoms with Crippen molar-refractivity contribution < 1.29 is 36.0 Å². The highest BCUT2D eigenvalue weighted by Crippen LogP contribution is 2.17. The van der Waals surface area contributed by atoms with Crippen molar-refractivity contribution in [1.29, 1.82) is 0 Å². The van der Waals surface area contributed by atoms with Gasteiger partial charge in [0, 0.05) is 6.04 Å². The van der Waals surface area contributed by atoms with Gasteiger partial charge in [0.15, 0.2) is 0 Å². The van der Waals surface area contributed by atoms with Crippen molar-refractivity contribution in [3.05, 3.63) is 0 Å². The van der Waals surface area contributed by atoms with Crippen LogP contribution in [-0.4, -0.2) is 36.3 Å². The van der Waals surface area contributed by atoms with Crippen LogP contribution in [0.1, 0.15) is 32.1 Å². The molecule has 1 aliphatic rings. The highest BCUT2D eigenvalue weighted by molar-refractivity contribution is 7.83. The van der Waals surface area contributed by atoms with Crippen LogP contribution in [0, 0.1) is 0 Å². The average molecular weight is 293 g/mol. The molecule has 0 unspecified atom stereocenters. The summed E-state index contributed by atoms with van der Waals surface area (Å²) in [6.45, 7) is 0. The number of hydrogen-bond donors (Lipinski definition) is 3. The van der Waals surface area contributed by atoms with Crippen LogP contribution in [0.3, 0.4) is 0 Å². The Hall–Kier alpha value is -0.870. The summed E-state index contributed by atoms with van der Waals surface area (Å²) in [5.74, 6) is -2.76. The molecule has 0 aromatic heterocycles. The fourth-order valence-electron chi connectivity index (χ4n) is 1.43. The van der Waals surface area contributed by atoms with Gasteiger partial charge in [-0.2, -0.15) is 26.3 Å². The van der Waals surface area contributed by atoms with Crippen LogP contribution >= 0.6 is 0 Å². The molecule has 0 amide bonds. The van der Waals surface area contributed by atoms with Crippen molar-refractivity contribution in [3.8, 4) is 0 Å². The third-order valence-electron chi connectivity index (χ3n) is 2.16. The summed E-state index contributed by atoms with van der Waals surface area (Å²) in [6.07, 6.45) is -0.121. The maximum Gasteiger partial charge on any atom is 0.490 e. The highest BCUT2D eigenvalue weighted by atomic mass is 32.2. The minimum atomic E-state index is -5.08. The molecule has 0 aromatic carbocycles. The number of carboxylic acid groups (broad SMARTS) is 1. The van der Waals surface area contributed by atoms with Gasteiger partial charge in [0.25, 0.3) is 0 Å². The quantitative estimate of drug-likeness (QED) is 0.667. The summed E-state index contributed by atoms with van der Waals surface area (Å²) in [4.78, 5) is 8.90. The van der Waals surface area contributed by atoms with Crippen molar-refractivity contribution in [3.63, 3.8) is 0 Å². The smallest absolute Gasteiger partial charge is 0.475 e. The van der Waals surface area contributed by atoms with Gasteiger partial charge >= 0.3 is 22.4 Å². The predicted octanol–water partition coefficient (Wildman–Crippen LogP) is 1.34. The van der Waals surface area contributed by atoms with Crippen LogP contribution in [0.15, 0.2) is 0 Å². The first-order valence-corrected chi connectivity index (χ1v) is 6.51. The lowest BCUT2D eigenvalue weighted by Crippen LogP contribution is -2.35. The average Bonchev–Trinajstić information content (AvgIpc) is 2.15. The number of carbonyl (C=O) groups is 1. The standard InChI is InChI=1S/C6H13NO3S.C2HF3O2/c8-11(9,10)7-6-4-2-1-3-5-6;3-2(4,5)1(6)7/h6-7H,1-5H2,(H,8,9,10);(H,6,7). The molecule has 0 aliphatic heterocycles. The van der Waals surface area contributed by atoms with Gasteiger partial charge in [-0.3, -0.25) is 4.55 Å². The number of hydrogen-bond acceptors (Lipinski definition) is 3. The van der Waals surface area contributed by atoms with Gasteiger partial charge in [-0.25, -0.2) is 4.79 Å². The molecule has 1 aliphatic carbocycles. The van der Waals surface area contributed by atoms with E-state index in [4.69, 9.17) is 14.5 Å². The molecule has 10 heteroatoms. The second-order valence-corrected chi connectivity index (χ2v) is 4.92. The zero-order chi connectivity index (χ0) is 14.4. The molecule has 0 saturated heterocycles. The zero-order valence-electron chi connectivity index (χ0n) is 9.27. The topological polar surface area (TPSA) is 104 Å². The van der Waals surface area contributed by atoms with Gasteiger partial charge in [-0.15, -0.1) is 0 Å². The van der Waals surface area contributed by atoms with E-state index in [1.165, 1.54) is 6.42 Å². The van der Waals surface area contributed by atoms with E-state index in [1.807, 2.05) is 0 Å². The fraction of sp³-hybridized carbons (Fsp3) is 0.875. The Balaban J connectivity index is 0.000000360. The Morgan fingerprint density at radius 2 is 1.56 bits per heavy atom. The Morgan fingerprint density at radius 1 is 1.17 bits per heavy atom. The Morgan fingerprint density at radius 3 is 1.83 bits per heavy atom. The van der Waals surface area contributed by atoms with E-state index in [1.54, 1.807) is 0 Å². The van der Waals surface area contributed by atoms with Gasteiger partial charge < -0.3 is 5.11 Å². The molecule has 3 N–H and O–H groups in total. The van der Waals surface area contributed by atoms with Crippen LogP contribution in [-0.2, 0) is 15.1 Å². The van der Waals surface area contributed by atoms with E-state index in [0.717, 1.165) is 25.7 Å². The maximum atomic E-state index is 10.6. The normalized spacial score (nSPS) is 17.8. The molecule has 0 spiro atoms. The molecular formula is C8H14F3NO5S. The fourth-order valence-corrected chi connectivity index (χ4v) is 2.09. The Labute approximate surface area is 102 Å². The van der Waals surface area contributed by atoms with E-state index in [-0.39, 0.29) is 6.04 Å². The van der Waals surface area contributed by atoms with Crippen LogP contribution in [0.2, 0.25) is 0 Å². The SMILES string of the molecule is O=C(O)C(F)(F)F.O=S(=O)(O)NC1CCCCC1. The van der Waals surface area contributed by atoms with Gasteiger partial charge in [-0.1, -0.05) is 19.3 Å². The summed E-state index contributed by atoms with van der Waals surface area (Å²) in [6, 6.07) is -0.0428. The molecule has 0 radical (unpaired) electrons. The van der Waals surface area contributed by atoms with Gasteiger partial charge in [-0.05, 0) is 12.8 Å². The first-order valence-electron chi connectivity index (χ1n) is 5.07. The first-order chi connectivity index (χ1) is 8.02. The molecule has 1 rings (SSSR count). The minimum Gasteiger partial charge on any atom is -0.475 e. The number of halogens is 3. The van der Waals surface area contributed by atoms with Gasteiger partial charge in [0.1, 0.15) is 0 Å². The van der Waals surface area contributed by atoms with E-state index >= 15 is 0 Å². The third-order valence-corrected chi connectivity index (χ3v) is 2.79. The molecular weight excluding hydrogens is 279 g/mol. The van der Waals surface area contributed by atoms with Crippen molar-refractivity contribution in [1.82, 2.24) is 4.72 Å². The summed E-state index contributed by atoms with van der Waals surface area (Å²) in [5.41, 5.74) is 0. The lowest BCUT2D eigenvalue weighted by atomic mass is 9.96. The molecule has 1 fully saturated rings. The van der Waals surface area contributed by atoms with E-state index in [2.05, 4.69) is 4.72 Å². The minimum absolute atomic E-state index is 0.0428. The molecule has 0 atom stereocenters. The predicted molar refractivity (Wildman–Crippen MR) is 55.2 cm³/mol. The van der Waals surface area contributed by atoms with Crippen LogP contribution in [0.4, 0.5) is 13.2 Å².